The molecule has 6 heteroatoms. The van der Waals surface area contributed by atoms with E-state index in [1.807, 2.05) is 52.1 Å². The first-order valence-corrected chi connectivity index (χ1v) is 8.04. The van der Waals surface area contributed by atoms with Gasteiger partial charge in [0.15, 0.2) is 0 Å². The number of benzene rings is 1. The molecule has 2 rings (SSSR count). The Morgan fingerprint density at radius 2 is 1.83 bits per heavy atom. The Morgan fingerprint density at radius 3 is 2.38 bits per heavy atom. The number of carbonyl (C=O) groups excluding carboxylic acids is 2. The van der Waals surface area contributed by atoms with E-state index in [0.29, 0.717) is 5.69 Å². The van der Waals surface area contributed by atoms with Gasteiger partial charge in [0.2, 0.25) is 11.8 Å². The summed E-state index contributed by atoms with van der Waals surface area (Å²) in [6.07, 6.45) is 2.21. The molecule has 0 saturated heterocycles. The molecule has 0 radical (unpaired) electrons. The van der Waals surface area contributed by atoms with Crippen molar-refractivity contribution >= 4 is 17.5 Å². The van der Waals surface area contributed by atoms with Crippen LogP contribution in [0.1, 0.15) is 42.6 Å². The van der Waals surface area contributed by atoms with Gasteiger partial charge in [-0.1, -0.05) is 13.0 Å². The highest BCUT2D eigenvalue weighted by Gasteiger charge is 2.17. The van der Waals surface area contributed by atoms with Gasteiger partial charge in [-0.25, -0.2) is 0 Å². The van der Waals surface area contributed by atoms with Crippen molar-refractivity contribution in [3.63, 3.8) is 0 Å². The van der Waals surface area contributed by atoms with E-state index >= 15 is 0 Å². The number of aromatic nitrogens is 2. The van der Waals surface area contributed by atoms with Gasteiger partial charge in [-0.3, -0.25) is 14.3 Å². The predicted molar refractivity (Wildman–Crippen MR) is 93.5 cm³/mol. The van der Waals surface area contributed by atoms with Crippen molar-refractivity contribution < 1.29 is 9.59 Å². The summed E-state index contributed by atoms with van der Waals surface area (Å²) in [5.74, 6) is -0.623. The second-order valence-corrected chi connectivity index (χ2v) is 6.01. The fraction of sp³-hybridized carbons (Fsp3) is 0.389. The van der Waals surface area contributed by atoms with E-state index < -0.39 is 0 Å². The number of amides is 2. The van der Waals surface area contributed by atoms with Gasteiger partial charge in [0.1, 0.15) is 6.42 Å². The van der Waals surface area contributed by atoms with Crippen LogP contribution in [0, 0.1) is 13.8 Å². The zero-order chi connectivity index (χ0) is 17.7. The van der Waals surface area contributed by atoms with Crippen molar-refractivity contribution in [1.82, 2.24) is 15.1 Å². The molecule has 24 heavy (non-hydrogen) atoms. The molecule has 0 unspecified atom stereocenters. The number of carbonyl (C=O) groups is 2. The van der Waals surface area contributed by atoms with Crippen LogP contribution in [-0.2, 0) is 16.6 Å². The van der Waals surface area contributed by atoms with Gasteiger partial charge >= 0.3 is 0 Å². The molecule has 2 amide bonds. The highest BCUT2D eigenvalue weighted by molar-refractivity contribution is 6.03. The van der Waals surface area contributed by atoms with Gasteiger partial charge in [-0.05, 0) is 49.6 Å². The van der Waals surface area contributed by atoms with Gasteiger partial charge < -0.3 is 10.6 Å². The molecular weight excluding hydrogens is 304 g/mol. The van der Waals surface area contributed by atoms with E-state index in [-0.39, 0.29) is 24.3 Å². The van der Waals surface area contributed by atoms with E-state index in [0.717, 1.165) is 23.2 Å². The first-order chi connectivity index (χ1) is 11.4. The minimum Gasteiger partial charge on any atom is -0.347 e. The second kappa shape index (κ2) is 7.77. The minimum atomic E-state index is -0.322. The van der Waals surface area contributed by atoms with Crippen LogP contribution in [0.5, 0.6) is 0 Å². The lowest BCUT2D eigenvalue weighted by Gasteiger charge is -2.17. The molecule has 1 aromatic carbocycles. The van der Waals surface area contributed by atoms with E-state index in [4.69, 9.17) is 0 Å². The Balaban J connectivity index is 1.93. The Bertz CT molecular complexity index is 716. The molecule has 0 aliphatic heterocycles. The van der Waals surface area contributed by atoms with Gasteiger partial charge in [0.25, 0.3) is 0 Å². The number of nitrogens with one attached hydrogen (secondary N) is 2. The van der Waals surface area contributed by atoms with Crippen molar-refractivity contribution in [2.24, 2.45) is 7.05 Å². The normalized spacial score (nSPS) is 11.8. The summed E-state index contributed by atoms with van der Waals surface area (Å²) in [6.45, 7) is 5.91. The number of anilines is 1. The highest BCUT2D eigenvalue weighted by atomic mass is 16.2. The van der Waals surface area contributed by atoms with E-state index in [1.165, 1.54) is 0 Å². The van der Waals surface area contributed by atoms with Crippen LogP contribution in [0.3, 0.4) is 0 Å². The van der Waals surface area contributed by atoms with Gasteiger partial charge in [0, 0.05) is 18.9 Å². The Hall–Kier alpha value is -2.63. The molecule has 0 aliphatic carbocycles. The third-order valence-corrected chi connectivity index (χ3v) is 3.79. The fourth-order valence-corrected chi connectivity index (χ4v) is 2.75. The van der Waals surface area contributed by atoms with E-state index in [9.17, 15) is 9.59 Å². The third kappa shape index (κ3) is 4.68. The zero-order valence-corrected chi connectivity index (χ0v) is 14.6. The fourth-order valence-electron chi connectivity index (χ4n) is 2.75. The molecule has 0 saturated carbocycles. The highest BCUT2D eigenvalue weighted by Crippen LogP contribution is 2.16. The summed E-state index contributed by atoms with van der Waals surface area (Å²) in [7, 11) is 1.83. The molecular formula is C18H24N4O2. The smallest absolute Gasteiger partial charge is 0.233 e. The first kappa shape index (κ1) is 17.7. The maximum atomic E-state index is 12.2. The number of aryl methyl sites for hydroxylation is 3. The molecule has 0 fully saturated rings. The topological polar surface area (TPSA) is 76.0 Å². The van der Waals surface area contributed by atoms with Crippen molar-refractivity contribution in [2.75, 3.05) is 5.32 Å². The summed E-state index contributed by atoms with van der Waals surface area (Å²) in [5, 5.41) is 9.78. The molecule has 128 valence electrons. The molecule has 0 aliphatic rings. The van der Waals surface area contributed by atoms with Crippen LogP contribution < -0.4 is 10.6 Å². The molecule has 6 nitrogen and oxygen atoms in total. The Morgan fingerprint density at radius 1 is 1.17 bits per heavy atom. The average molecular weight is 328 g/mol. The SMILES string of the molecule is CC[C@H](NC(=O)CC(=O)Nc1cc(C)cc(C)c1)c1ccnn1C. The molecule has 2 aromatic rings. The van der Waals surface area contributed by atoms with Crippen LogP contribution in [0.4, 0.5) is 5.69 Å². The average Bonchev–Trinajstić information content (AvgIpc) is 2.89. The van der Waals surface area contributed by atoms with Gasteiger partial charge in [0.05, 0.1) is 11.7 Å². The minimum absolute atomic E-state index is 0.154. The Labute approximate surface area is 142 Å². The summed E-state index contributed by atoms with van der Waals surface area (Å²) >= 11 is 0. The van der Waals surface area contributed by atoms with Crippen LogP contribution in [0.25, 0.3) is 0 Å². The lowest BCUT2D eigenvalue weighted by atomic mass is 10.1. The number of hydrogen-bond acceptors (Lipinski definition) is 3. The van der Waals surface area contributed by atoms with Crippen LogP contribution in [0.2, 0.25) is 0 Å². The van der Waals surface area contributed by atoms with Gasteiger partial charge in [-0.15, -0.1) is 0 Å². The molecule has 2 N–H and O–H groups in total. The van der Waals surface area contributed by atoms with Crippen LogP contribution in [-0.4, -0.2) is 21.6 Å². The second-order valence-electron chi connectivity index (χ2n) is 6.01. The number of nitrogens with zero attached hydrogens (tertiary/aromatic N) is 2. The van der Waals surface area contributed by atoms with Crippen LogP contribution in [0.15, 0.2) is 30.5 Å². The van der Waals surface area contributed by atoms with Crippen molar-refractivity contribution in [3.05, 3.63) is 47.3 Å². The predicted octanol–water partition coefficient (Wildman–Crippen LogP) is 2.63. The molecule has 1 heterocycles. The Kier molecular flexibility index (Phi) is 5.73. The molecule has 0 bridgehead atoms. The maximum absolute atomic E-state index is 12.2. The van der Waals surface area contributed by atoms with Gasteiger partial charge in [-0.2, -0.15) is 5.10 Å². The summed E-state index contributed by atoms with van der Waals surface area (Å²) in [4.78, 5) is 24.2. The molecule has 1 atom stereocenters. The molecule has 1 aromatic heterocycles. The third-order valence-electron chi connectivity index (χ3n) is 3.79. The monoisotopic (exact) mass is 328 g/mol. The van der Waals surface area contributed by atoms with Crippen molar-refractivity contribution in [2.45, 2.75) is 39.7 Å². The molecule has 0 spiro atoms. The standard InChI is InChI=1S/C18H24N4O2/c1-5-15(16-6-7-19-22(16)4)21-18(24)11-17(23)20-14-9-12(2)8-13(3)10-14/h6-10,15H,5,11H2,1-4H3,(H,20,23)(H,21,24)/t15-/m0/s1. The van der Waals surface area contributed by atoms with Crippen molar-refractivity contribution in [3.8, 4) is 0 Å². The van der Waals surface area contributed by atoms with Crippen LogP contribution >= 0.6 is 0 Å². The number of hydrogen-bond donors (Lipinski definition) is 2. The summed E-state index contributed by atoms with van der Waals surface area (Å²) in [6, 6.07) is 7.51. The quantitative estimate of drug-likeness (QED) is 0.800. The summed E-state index contributed by atoms with van der Waals surface area (Å²) in [5.41, 5.74) is 3.76. The summed E-state index contributed by atoms with van der Waals surface area (Å²) < 4.78 is 1.73. The van der Waals surface area contributed by atoms with E-state index in [1.54, 1.807) is 10.9 Å². The largest absolute Gasteiger partial charge is 0.347 e. The lowest BCUT2D eigenvalue weighted by Crippen LogP contribution is -2.32. The maximum Gasteiger partial charge on any atom is 0.233 e. The zero-order valence-electron chi connectivity index (χ0n) is 14.6. The van der Waals surface area contributed by atoms with Crippen molar-refractivity contribution in [1.29, 1.82) is 0 Å². The van der Waals surface area contributed by atoms with E-state index in [2.05, 4.69) is 15.7 Å². The first-order valence-electron chi connectivity index (χ1n) is 8.04. The lowest BCUT2D eigenvalue weighted by molar-refractivity contribution is -0.127. The number of rotatable bonds is 6.